The zero-order valence-corrected chi connectivity index (χ0v) is 13.6. The van der Waals surface area contributed by atoms with Gasteiger partial charge < -0.3 is 0 Å². The molecular weight excluding hydrogens is 390 g/mol. The second kappa shape index (κ2) is 6.05. The van der Waals surface area contributed by atoms with Crippen molar-refractivity contribution < 1.29 is 39.0 Å². The Kier molecular flexibility index (Phi) is 4.67. The topological polar surface area (TPSA) is 115 Å². The van der Waals surface area contributed by atoms with Crippen LogP contribution in [-0.4, -0.2) is 21.4 Å². The maximum atomic E-state index is 13.4. The molecule has 0 aliphatic rings. The average Bonchev–Trinajstić information content (AvgIpc) is 2.44. The van der Waals surface area contributed by atoms with Gasteiger partial charge in [-0.25, -0.2) is 17.9 Å². The Bertz CT molecular complexity index is 996. The van der Waals surface area contributed by atoms with Crippen molar-refractivity contribution in [1.82, 2.24) is 0 Å². The second-order valence-electron chi connectivity index (χ2n) is 4.84. The SMILES string of the molecule is NS(=O)(=O)c1cccc(S(=O)(=O)O)c1-c1ccc(F)c(C(F)(F)F)c1. The van der Waals surface area contributed by atoms with Crippen molar-refractivity contribution in [3.05, 3.63) is 47.8 Å². The van der Waals surface area contributed by atoms with Crippen LogP contribution in [0.2, 0.25) is 0 Å². The van der Waals surface area contributed by atoms with Gasteiger partial charge in [-0.2, -0.15) is 21.6 Å². The minimum atomic E-state index is -5.12. The Morgan fingerprint density at radius 3 is 2.00 bits per heavy atom. The molecule has 2 aromatic carbocycles. The average molecular weight is 399 g/mol. The molecule has 6 nitrogen and oxygen atoms in total. The maximum absolute atomic E-state index is 13.4. The lowest BCUT2D eigenvalue weighted by Crippen LogP contribution is -2.16. The van der Waals surface area contributed by atoms with Gasteiger partial charge in [-0.15, -0.1) is 0 Å². The highest BCUT2D eigenvalue weighted by Gasteiger charge is 2.35. The van der Waals surface area contributed by atoms with Gasteiger partial charge in [-0.05, 0) is 29.8 Å². The Hall–Kier alpha value is -2.02. The Morgan fingerprint density at radius 1 is 0.960 bits per heavy atom. The van der Waals surface area contributed by atoms with Crippen LogP contribution in [0.5, 0.6) is 0 Å². The first-order chi connectivity index (χ1) is 11.2. The molecule has 0 fully saturated rings. The molecule has 0 saturated heterocycles. The molecule has 25 heavy (non-hydrogen) atoms. The minimum Gasteiger partial charge on any atom is -0.282 e. The first kappa shape index (κ1) is 19.3. The van der Waals surface area contributed by atoms with Gasteiger partial charge in [0.1, 0.15) is 10.7 Å². The Balaban J connectivity index is 2.97. The molecule has 136 valence electrons. The molecule has 2 aromatic rings. The van der Waals surface area contributed by atoms with E-state index in [-0.39, 0.29) is 6.07 Å². The molecule has 3 N–H and O–H groups in total. The lowest BCUT2D eigenvalue weighted by atomic mass is 10.0. The summed E-state index contributed by atoms with van der Waals surface area (Å²) in [6, 6.07) is 3.91. The lowest BCUT2D eigenvalue weighted by Gasteiger charge is -2.14. The van der Waals surface area contributed by atoms with Crippen LogP contribution in [-0.2, 0) is 26.3 Å². The maximum Gasteiger partial charge on any atom is 0.419 e. The highest BCUT2D eigenvalue weighted by molar-refractivity contribution is 7.89. The Morgan fingerprint density at radius 2 is 1.52 bits per heavy atom. The number of nitrogens with two attached hydrogens (primary N) is 1. The van der Waals surface area contributed by atoms with Gasteiger partial charge in [0, 0.05) is 5.56 Å². The minimum absolute atomic E-state index is 0.230. The third kappa shape index (κ3) is 3.98. The van der Waals surface area contributed by atoms with E-state index < -0.39 is 58.6 Å². The Labute approximate surface area is 139 Å². The molecule has 0 atom stereocenters. The largest absolute Gasteiger partial charge is 0.419 e. The van der Waals surface area contributed by atoms with Crippen molar-refractivity contribution in [2.75, 3.05) is 0 Å². The number of halogens is 4. The highest BCUT2D eigenvalue weighted by atomic mass is 32.2. The summed E-state index contributed by atoms with van der Waals surface area (Å²) < 4.78 is 108. The van der Waals surface area contributed by atoms with Gasteiger partial charge in [-0.3, -0.25) is 4.55 Å². The van der Waals surface area contributed by atoms with Crippen molar-refractivity contribution in [2.24, 2.45) is 5.14 Å². The van der Waals surface area contributed by atoms with Gasteiger partial charge in [0.25, 0.3) is 10.1 Å². The van der Waals surface area contributed by atoms with Crippen LogP contribution in [0.3, 0.4) is 0 Å². The molecule has 0 heterocycles. The summed E-state index contributed by atoms with van der Waals surface area (Å²) in [6.07, 6.45) is -5.12. The molecule has 0 aliphatic carbocycles. The van der Waals surface area contributed by atoms with E-state index in [1.165, 1.54) is 0 Å². The zero-order chi connectivity index (χ0) is 19.2. The van der Waals surface area contributed by atoms with Crippen molar-refractivity contribution >= 4 is 20.1 Å². The van der Waals surface area contributed by atoms with Crippen LogP contribution in [0.4, 0.5) is 17.6 Å². The second-order valence-corrected chi connectivity index (χ2v) is 7.76. The highest BCUT2D eigenvalue weighted by Crippen LogP contribution is 2.38. The van der Waals surface area contributed by atoms with Crippen LogP contribution in [0.25, 0.3) is 11.1 Å². The van der Waals surface area contributed by atoms with Crippen LogP contribution in [0.1, 0.15) is 5.56 Å². The molecule has 0 radical (unpaired) electrons. The molecule has 0 unspecified atom stereocenters. The van der Waals surface area contributed by atoms with E-state index in [2.05, 4.69) is 0 Å². The predicted octanol–water partition coefficient (Wildman–Crippen LogP) is 2.41. The lowest BCUT2D eigenvalue weighted by molar-refractivity contribution is -0.139. The summed E-state index contributed by atoms with van der Waals surface area (Å²) >= 11 is 0. The third-order valence-corrected chi connectivity index (χ3v) is 4.98. The monoisotopic (exact) mass is 399 g/mol. The summed E-state index contributed by atoms with van der Waals surface area (Å²) in [7, 11) is -9.59. The van der Waals surface area contributed by atoms with E-state index in [0.29, 0.717) is 6.07 Å². The van der Waals surface area contributed by atoms with Gasteiger partial charge in [0.05, 0.1) is 10.5 Å². The fourth-order valence-corrected chi connectivity index (χ4v) is 3.73. The van der Waals surface area contributed by atoms with E-state index in [1.807, 2.05) is 0 Å². The predicted molar refractivity (Wildman–Crippen MR) is 78.0 cm³/mol. The molecule has 2 rings (SSSR count). The summed E-state index contributed by atoms with van der Waals surface area (Å²) in [5, 5.41) is 4.96. The fourth-order valence-electron chi connectivity index (χ4n) is 2.15. The molecule has 0 aromatic heterocycles. The smallest absolute Gasteiger partial charge is 0.282 e. The van der Waals surface area contributed by atoms with Crippen molar-refractivity contribution in [3.63, 3.8) is 0 Å². The van der Waals surface area contributed by atoms with Crippen molar-refractivity contribution in [2.45, 2.75) is 16.0 Å². The fraction of sp³-hybridized carbons (Fsp3) is 0.0769. The first-order valence-electron chi connectivity index (χ1n) is 6.23. The number of primary sulfonamides is 1. The van der Waals surface area contributed by atoms with Crippen LogP contribution in [0.15, 0.2) is 46.2 Å². The van der Waals surface area contributed by atoms with E-state index in [0.717, 1.165) is 24.3 Å². The number of rotatable bonds is 3. The number of alkyl halides is 3. The quantitative estimate of drug-likeness (QED) is 0.608. The number of hydrogen-bond donors (Lipinski definition) is 2. The molecule has 12 heteroatoms. The summed E-state index contributed by atoms with van der Waals surface area (Å²) in [5.74, 6) is -1.64. The standard InChI is InChI=1S/C13H9F4NO5S2/c14-9-5-4-7(6-8(9)13(15,16)17)12-10(24(18,19)20)2-1-3-11(12)25(21,22)23/h1-6H,(H2,18,19,20)(H,21,22,23). The molecule has 0 spiro atoms. The van der Waals surface area contributed by atoms with E-state index in [1.54, 1.807) is 0 Å². The normalized spacial score (nSPS) is 13.0. The van der Waals surface area contributed by atoms with Gasteiger partial charge >= 0.3 is 6.18 Å². The van der Waals surface area contributed by atoms with E-state index in [9.17, 15) is 39.0 Å². The summed E-state index contributed by atoms with van der Waals surface area (Å²) in [4.78, 5) is -1.83. The molecular formula is C13H9F4NO5S2. The molecule has 0 amide bonds. The van der Waals surface area contributed by atoms with Crippen molar-refractivity contribution in [1.29, 1.82) is 0 Å². The summed E-state index contributed by atoms with van der Waals surface area (Å²) in [5.41, 5.74) is -3.14. The molecule has 0 bridgehead atoms. The molecule has 0 aliphatic heterocycles. The van der Waals surface area contributed by atoms with E-state index >= 15 is 0 Å². The van der Waals surface area contributed by atoms with Crippen LogP contribution < -0.4 is 5.14 Å². The van der Waals surface area contributed by atoms with Gasteiger partial charge in [0.15, 0.2) is 0 Å². The van der Waals surface area contributed by atoms with E-state index in [4.69, 9.17) is 5.14 Å². The number of hydrogen-bond acceptors (Lipinski definition) is 4. The van der Waals surface area contributed by atoms with Crippen molar-refractivity contribution in [3.8, 4) is 11.1 Å². The van der Waals surface area contributed by atoms with Crippen LogP contribution >= 0.6 is 0 Å². The number of benzene rings is 2. The third-order valence-electron chi connectivity index (χ3n) is 3.13. The molecule has 0 saturated carbocycles. The first-order valence-corrected chi connectivity index (χ1v) is 9.22. The number of sulfonamides is 1. The van der Waals surface area contributed by atoms with Crippen LogP contribution in [0, 0.1) is 5.82 Å². The summed E-state index contributed by atoms with van der Waals surface area (Å²) in [6.45, 7) is 0. The zero-order valence-electron chi connectivity index (χ0n) is 12.0. The van der Waals surface area contributed by atoms with Gasteiger partial charge in [0.2, 0.25) is 10.0 Å². The van der Waals surface area contributed by atoms with Gasteiger partial charge in [-0.1, -0.05) is 12.1 Å².